The zero-order valence-corrected chi connectivity index (χ0v) is 21.2. The Hall–Kier alpha value is -2.68. The average molecular weight is 481 g/mol. The Balaban J connectivity index is 1.53. The van der Waals surface area contributed by atoms with Gasteiger partial charge in [0.15, 0.2) is 11.5 Å². The average Bonchev–Trinajstić information content (AvgIpc) is 3.12. The van der Waals surface area contributed by atoms with Crippen LogP contribution in [0.25, 0.3) is 0 Å². The Morgan fingerprint density at radius 2 is 1.97 bits per heavy atom. The molecule has 3 heterocycles. The number of hydrogen-bond donors (Lipinski definition) is 2. The third kappa shape index (κ3) is 5.15. The first-order valence-electron chi connectivity index (χ1n) is 12.4. The van der Waals surface area contributed by atoms with Crippen LogP contribution in [0.5, 0.6) is 11.5 Å². The number of methoxy groups -OCH3 is 2. The van der Waals surface area contributed by atoms with Crippen molar-refractivity contribution in [2.45, 2.75) is 51.0 Å². The number of nitrogens with zero attached hydrogens (tertiary/aromatic N) is 1. The summed E-state index contributed by atoms with van der Waals surface area (Å²) >= 11 is 0. The standard InChI is InChI=1S/C26H36BN3O5/c1-15(2)8-18-13-30-7-6-17-9-22(33-4)23(34-5)10-20(17)26(30,27)12-19(18)14-35-24(31)11-21-25(32)29-16(3)28-21/h9-10,15,18-19,21,28H,3,6-8,11-14H2,1-2,4-5H3,(H,29,32)/t18?,19-,21-,26?/m0/s1. The molecule has 8 nitrogen and oxygen atoms in total. The van der Waals surface area contributed by atoms with Gasteiger partial charge in [-0.05, 0) is 60.3 Å². The monoisotopic (exact) mass is 481 g/mol. The van der Waals surface area contributed by atoms with E-state index in [4.69, 9.17) is 22.1 Å². The van der Waals surface area contributed by atoms with Gasteiger partial charge >= 0.3 is 5.97 Å². The molecule has 2 N–H and O–H groups in total. The Labute approximate surface area is 209 Å². The summed E-state index contributed by atoms with van der Waals surface area (Å²) in [5, 5.41) is 5.45. The van der Waals surface area contributed by atoms with Crippen LogP contribution in [0.15, 0.2) is 24.5 Å². The highest BCUT2D eigenvalue weighted by Crippen LogP contribution is 2.47. The summed E-state index contributed by atoms with van der Waals surface area (Å²) in [4.78, 5) is 26.9. The van der Waals surface area contributed by atoms with Crippen LogP contribution in [0.4, 0.5) is 0 Å². The van der Waals surface area contributed by atoms with E-state index in [0.717, 1.165) is 37.1 Å². The van der Waals surface area contributed by atoms with Crippen molar-refractivity contribution in [1.29, 1.82) is 0 Å². The van der Waals surface area contributed by atoms with E-state index < -0.39 is 17.4 Å². The lowest BCUT2D eigenvalue weighted by Crippen LogP contribution is -2.59. The number of carbonyl (C=O) groups excluding carboxylic acids is 2. The van der Waals surface area contributed by atoms with Gasteiger partial charge in [-0.3, -0.25) is 9.59 Å². The van der Waals surface area contributed by atoms with Gasteiger partial charge in [-0.2, -0.15) is 0 Å². The van der Waals surface area contributed by atoms with E-state index in [9.17, 15) is 9.59 Å². The van der Waals surface area contributed by atoms with E-state index in [1.807, 2.05) is 12.1 Å². The lowest BCUT2D eigenvalue weighted by atomic mass is 9.58. The molecular formula is C26H36BN3O5. The Kier molecular flexibility index (Phi) is 7.36. The molecule has 2 radical (unpaired) electrons. The fourth-order valence-electron chi connectivity index (χ4n) is 5.83. The third-order valence-electron chi connectivity index (χ3n) is 7.53. The summed E-state index contributed by atoms with van der Waals surface area (Å²) in [6.07, 6.45) is 2.55. The summed E-state index contributed by atoms with van der Waals surface area (Å²) in [5.74, 6) is 2.08. The van der Waals surface area contributed by atoms with E-state index in [1.54, 1.807) is 14.2 Å². The number of hydrogen-bond acceptors (Lipinski definition) is 7. The van der Waals surface area contributed by atoms with E-state index in [0.29, 0.717) is 35.6 Å². The van der Waals surface area contributed by atoms with Crippen molar-refractivity contribution in [1.82, 2.24) is 15.5 Å². The quantitative estimate of drug-likeness (QED) is 0.434. The molecule has 188 valence electrons. The molecule has 4 atom stereocenters. The van der Waals surface area contributed by atoms with Gasteiger partial charge < -0.3 is 29.7 Å². The summed E-state index contributed by atoms with van der Waals surface area (Å²) in [5.41, 5.74) is 1.53. The minimum absolute atomic E-state index is 0.0356. The first kappa shape index (κ1) is 25.4. The van der Waals surface area contributed by atoms with Crippen molar-refractivity contribution in [2.24, 2.45) is 17.8 Å². The van der Waals surface area contributed by atoms with Crippen molar-refractivity contribution in [3.05, 3.63) is 35.7 Å². The predicted octanol–water partition coefficient (Wildman–Crippen LogP) is 2.06. The molecule has 35 heavy (non-hydrogen) atoms. The Morgan fingerprint density at radius 3 is 2.60 bits per heavy atom. The number of carbonyl (C=O) groups is 2. The fourth-order valence-corrected chi connectivity index (χ4v) is 5.83. The SMILES string of the molecule is [B]C12C[C@@H](COC(=O)C[C@@H]3NC(=C)NC3=O)C(CC(C)C)CN1CCc1cc(OC)c(OC)cc12. The maximum absolute atomic E-state index is 12.6. The van der Waals surface area contributed by atoms with Crippen molar-refractivity contribution in [3.63, 3.8) is 0 Å². The normalized spacial score (nSPS) is 28.1. The molecule has 3 aliphatic heterocycles. The number of esters is 1. The largest absolute Gasteiger partial charge is 0.493 e. The van der Waals surface area contributed by atoms with Gasteiger partial charge in [0.1, 0.15) is 13.9 Å². The van der Waals surface area contributed by atoms with Crippen molar-refractivity contribution in [2.75, 3.05) is 33.9 Å². The highest BCUT2D eigenvalue weighted by Gasteiger charge is 2.47. The molecule has 0 aromatic heterocycles. The van der Waals surface area contributed by atoms with Gasteiger partial charge in [0.05, 0.1) is 33.1 Å². The van der Waals surface area contributed by atoms with Gasteiger partial charge in [-0.15, -0.1) is 0 Å². The maximum Gasteiger partial charge on any atom is 0.308 e. The van der Waals surface area contributed by atoms with Crippen LogP contribution in [0.1, 0.15) is 44.2 Å². The van der Waals surface area contributed by atoms with Crippen molar-refractivity contribution in [3.8, 4) is 11.5 Å². The smallest absolute Gasteiger partial charge is 0.308 e. The van der Waals surface area contributed by atoms with E-state index in [1.165, 1.54) is 0 Å². The number of fused-ring (bicyclic) bond motifs is 3. The van der Waals surface area contributed by atoms with Gasteiger partial charge in [0.2, 0.25) is 5.91 Å². The van der Waals surface area contributed by atoms with Crippen molar-refractivity contribution >= 4 is 19.7 Å². The molecule has 9 heteroatoms. The Morgan fingerprint density at radius 1 is 1.26 bits per heavy atom. The van der Waals surface area contributed by atoms with Crippen LogP contribution in [0.3, 0.4) is 0 Å². The molecule has 0 spiro atoms. The second-order valence-electron chi connectivity index (χ2n) is 10.4. The van der Waals surface area contributed by atoms with Crippen LogP contribution in [0.2, 0.25) is 0 Å². The predicted molar refractivity (Wildman–Crippen MR) is 133 cm³/mol. The topological polar surface area (TPSA) is 89.1 Å². The zero-order valence-electron chi connectivity index (χ0n) is 21.2. The molecule has 1 aromatic carbocycles. The van der Waals surface area contributed by atoms with E-state index in [-0.39, 0.29) is 24.9 Å². The molecule has 0 bridgehead atoms. The van der Waals surface area contributed by atoms with Gasteiger partial charge in [-0.1, -0.05) is 20.4 Å². The van der Waals surface area contributed by atoms with Crippen LogP contribution in [0, 0.1) is 17.8 Å². The highest BCUT2D eigenvalue weighted by atomic mass is 16.5. The number of ether oxygens (including phenoxy) is 3. The minimum atomic E-state index is -0.678. The molecule has 4 rings (SSSR count). The zero-order chi connectivity index (χ0) is 25.3. The number of rotatable bonds is 8. The molecule has 2 fully saturated rings. The molecule has 2 unspecified atom stereocenters. The van der Waals surface area contributed by atoms with Crippen LogP contribution in [-0.2, 0) is 26.2 Å². The lowest BCUT2D eigenvalue weighted by Gasteiger charge is -2.55. The van der Waals surface area contributed by atoms with Gasteiger partial charge in [0, 0.05) is 18.5 Å². The third-order valence-corrected chi connectivity index (χ3v) is 7.53. The first-order valence-corrected chi connectivity index (χ1v) is 12.4. The van der Waals surface area contributed by atoms with Crippen LogP contribution < -0.4 is 20.1 Å². The van der Waals surface area contributed by atoms with Crippen LogP contribution in [-0.4, -0.2) is 64.6 Å². The summed E-state index contributed by atoms with van der Waals surface area (Å²) in [6, 6.07) is 3.39. The van der Waals surface area contributed by atoms with Gasteiger partial charge in [-0.25, -0.2) is 0 Å². The molecule has 1 amide bonds. The maximum atomic E-state index is 12.6. The summed E-state index contributed by atoms with van der Waals surface area (Å²) in [6.45, 7) is 10.1. The fraction of sp³-hybridized carbons (Fsp3) is 0.615. The summed E-state index contributed by atoms with van der Waals surface area (Å²) in [7, 11) is 10.4. The number of nitrogens with one attached hydrogen (secondary N) is 2. The minimum Gasteiger partial charge on any atom is -0.493 e. The number of piperidine rings is 1. The Bertz CT molecular complexity index is 999. The van der Waals surface area contributed by atoms with E-state index >= 15 is 0 Å². The van der Waals surface area contributed by atoms with E-state index in [2.05, 4.69) is 36.0 Å². The highest BCUT2D eigenvalue weighted by molar-refractivity contribution is 6.16. The summed E-state index contributed by atoms with van der Waals surface area (Å²) < 4.78 is 16.8. The number of benzene rings is 1. The molecule has 2 saturated heterocycles. The second kappa shape index (κ2) is 10.1. The molecule has 3 aliphatic rings. The first-order chi connectivity index (χ1) is 16.6. The molecular weight excluding hydrogens is 445 g/mol. The molecule has 0 aliphatic carbocycles. The second-order valence-corrected chi connectivity index (χ2v) is 10.4. The van der Waals surface area contributed by atoms with Crippen LogP contribution >= 0.6 is 0 Å². The van der Waals surface area contributed by atoms with Gasteiger partial charge in [0.25, 0.3) is 0 Å². The number of amides is 1. The lowest BCUT2D eigenvalue weighted by molar-refractivity contribution is -0.148. The molecule has 1 aromatic rings. The molecule has 0 saturated carbocycles. The van der Waals surface area contributed by atoms with Crippen molar-refractivity contribution < 1.29 is 23.8 Å².